The fraction of sp³-hybridized carbons (Fsp3) is 0.538. The first-order valence-electron chi connectivity index (χ1n) is 12.0. The van der Waals surface area contributed by atoms with Gasteiger partial charge in [0.2, 0.25) is 0 Å². The molecular weight excluding hydrogens is 448 g/mol. The van der Waals surface area contributed by atoms with Gasteiger partial charge in [-0.15, -0.1) is 0 Å². The number of nitrogens with zero attached hydrogens (tertiary/aromatic N) is 4. The summed E-state index contributed by atoms with van der Waals surface area (Å²) in [6, 6.07) is 4.74. The van der Waals surface area contributed by atoms with Gasteiger partial charge in [0.05, 0.1) is 42.9 Å². The second-order valence-corrected chi connectivity index (χ2v) is 9.83. The molecule has 9 heteroatoms. The largest absolute Gasteiger partial charge is 0.464 e. The lowest BCUT2D eigenvalue weighted by Crippen LogP contribution is -2.59. The van der Waals surface area contributed by atoms with Crippen LogP contribution in [-0.4, -0.2) is 59.6 Å². The van der Waals surface area contributed by atoms with Crippen molar-refractivity contribution < 1.29 is 23.5 Å². The fourth-order valence-corrected chi connectivity index (χ4v) is 4.80. The average molecular weight is 481 g/mol. The van der Waals surface area contributed by atoms with Crippen LogP contribution in [0.2, 0.25) is 0 Å². The molecule has 1 unspecified atom stereocenters. The van der Waals surface area contributed by atoms with E-state index in [-0.39, 0.29) is 37.3 Å². The van der Waals surface area contributed by atoms with E-state index in [9.17, 15) is 14.9 Å². The van der Waals surface area contributed by atoms with Crippen molar-refractivity contribution in [2.75, 3.05) is 31.1 Å². The van der Waals surface area contributed by atoms with Gasteiger partial charge in [-0.2, -0.15) is 5.26 Å². The van der Waals surface area contributed by atoms with Crippen LogP contribution >= 0.6 is 0 Å². The minimum absolute atomic E-state index is 0.128. The van der Waals surface area contributed by atoms with Gasteiger partial charge in [0, 0.05) is 25.1 Å². The summed E-state index contributed by atoms with van der Waals surface area (Å²) in [6.45, 7) is 11.4. The summed E-state index contributed by atoms with van der Waals surface area (Å²) in [5, 5.41) is 10.2. The van der Waals surface area contributed by atoms with E-state index in [0.29, 0.717) is 31.0 Å². The smallest absolute Gasteiger partial charge is 0.330 e. The lowest BCUT2D eigenvalue weighted by atomic mass is 9.86. The van der Waals surface area contributed by atoms with Crippen LogP contribution in [0.1, 0.15) is 73.5 Å². The number of ether oxygens (including phenoxy) is 2. The summed E-state index contributed by atoms with van der Waals surface area (Å²) in [6.07, 6.45) is 2.02. The standard InChI is InChI=1S/C26H32N4O5/c1-6-33-25(32)20-14-29(9-10-30(20)24(31)21-8-7-11-34-21)23-18(13-27)17-12-26(4,5)35-15-19(17)22(28-23)16(2)3/h7-8,11,16,20H,6,9-10,12,14-15H2,1-5H3. The second kappa shape index (κ2) is 9.70. The summed E-state index contributed by atoms with van der Waals surface area (Å²) in [7, 11) is 0. The number of anilines is 1. The van der Waals surface area contributed by atoms with Crippen LogP contribution in [0.15, 0.2) is 22.8 Å². The van der Waals surface area contributed by atoms with Gasteiger partial charge >= 0.3 is 5.97 Å². The zero-order valence-electron chi connectivity index (χ0n) is 21.0. The molecule has 1 atom stereocenters. The summed E-state index contributed by atoms with van der Waals surface area (Å²) < 4.78 is 16.6. The third-order valence-electron chi connectivity index (χ3n) is 6.53. The lowest BCUT2D eigenvalue weighted by molar-refractivity contribution is -0.148. The lowest BCUT2D eigenvalue weighted by Gasteiger charge is -2.41. The van der Waals surface area contributed by atoms with Crippen molar-refractivity contribution in [2.45, 2.75) is 65.2 Å². The van der Waals surface area contributed by atoms with Crippen LogP contribution in [0.5, 0.6) is 0 Å². The number of amides is 1. The minimum Gasteiger partial charge on any atom is -0.464 e. The maximum absolute atomic E-state index is 13.1. The van der Waals surface area contributed by atoms with E-state index in [2.05, 4.69) is 19.9 Å². The Morgan fingerprint density at radius 1 is 1.31 bits per heavy atom. The summed E-state index contributed by atoms with van der Waals surface area (Å²) in [5.74, 6) is -0.0166. The van der Waals surface area contributed by atoms with E-state index in [1.165, 1.54) is 11.2 Å². The number of piperazine rings is 1. The van der Waals surface area contributed by atoms with Gasteiger partial charge in [0.25, 0.3) is 5.91 Å². The number of fused-ring (bicyclic) bond motifs is 1. The molecule has 186 valence electrons. The van der Waals surface area contributed by atoms with Crippen LogP contribution in [0.4, 0.5) is 5.82 Å². The van der Waals surface area contributed by atoms with Crippen LogP contribution in [0, 0.1) is 11.3 Å². The molecule has 2 aliphatic heterocycles. The van der Waals surface area contributed by atoms with Crippen molar-refractivity contribution in [2.24, 2.45) is 0 Å². The van der Waals surface area contributed by atoms with Crippen molar-refractivity contribution >= 4 is 17.7 Å². The van der Waals surface area contributed by atoms with E-state index >= 15 is 0 Å². The molecule has 2 aromatic heterocycles. The molecule has 0 saturated carbocycles. The molecule has 4 heterocycles. The van der Waals surface area contributed by atoms with Crippen LogP contribution in [-0.2, 0) is 27.3 Å². The molecule has 1 saturated heterocycles. The highest BCUT2D eigenvalue weighted by Gasteiger charge is 2.40. The van der Waals surface area contributed by atoms with Gasteiger partial charge < -0.3 is 23.7 Å². The zero-order valence-corrected chi connectivity index (χ0v) is 21.0. The summed E-state index contributed by atoms with van der Waals surface area (Å²) in [4.78, 5) is 34.4. The van der Waals surface area contributed by atoms with E-state index < -0.39 is 17.6 Å². The van der Waals surface area contributed by atoms with Crippen LogP contribution < -0.4 is 4.90 Å². The molecule has 2 aliphatic rings. The predicted octanol–water partition coefficient (Wildman–Crippen LogP) is 3.42. The molecule has 0 spiro atoms. The Bertz CT molecular complexity index is 1150. The van der Waals surface area contributed by atoms with Crippen LogP contribution in [0.3, 0.4) is 0 Å². The number of hydrogen-bond acceptors (Lipinski definition) is 8. The fourth-order valence-electron chi connectivity index (χ4n) is 4.80. The molecular formula is C26H32N4O5. The van der Waals surface area contributed by atoms with Gasteiger partial charge in [0.1, 0.15) is 17.9 Å². The number of pyridine rings is 1. The summed E-state index contributed by atoms with van der Waals surface area (Å²) in [5.41, 5.74) is 2.94. The molecule has 0 aliphatic carbocycles. The van der Waals surface area contributed by atoms with Gasteiger partial charge in [-0.3, -0.25) is 4.79 Å². The predicted molar refractivity (Wildman–Crippen MR) is 128 cm³/mol. The van der Waals surface area contributed by atoms with E-state index in [4.69, 9.17) is 18.9 Å². The molecule has 0 radical (unpaired) electrons. The van der Waals surface area contributed by atoms with Crippen molar-refractivity contribution in [1.82, 2.24) is 9.88 Å². The highest BCUT2D eigenvalue weighted by Crippen LogP contribution is 2.38. The first-order chi connectivity index (χ1) is 16.7. The van der Waals surface area contributed by atoms with Crippen molar-refractivity contribution in [3.8, 4) is 6.07 Å². The first-order valence-corrected chi connectivity index (χ1v) is 12.0. The number of rotatable bonds is 5. The van der Waals surface area contributed by atoms with Crippen LogP contribution in [0.25, 0.3) is 0 Å². The number of aromatic nitrogens is 1. The van der Waals surface area contributed by atoms with Gasteiger partial charge in [-0.05, 0) is 44.4 Å². The highest BCUT2D eigenvalue weighted by molar-refractivity contribution is 5.95. The first kappa shape index (κ1) is 24.7. The van der Waals surface area contributed by atoms with E-state index in [1.807, 2.05) is 18.7 Å². The third kappa shape index (κ3) is 4.76. The number of furan rings is 1. The number of nitriles is 1. The third-order valence-corrected chi connectivity index (χ3v) is 6.53. The average Bonchev–Trinajstić information content (AvgIpc) is 3.36. The molecule has 35 heavy (non-hydrogen) atoms. The Hall–Kier alpha value is -3.38. The molecule has 1 fully saturated rings. The molecule has 0 aromatic carbocycles. The van der Waals surface area contributed by atoms with E-state index in [1.54, 1.807) is 19.1 Å². The monoisotopic (exact) mass is 480 g/mol. The number of carbonyl (C=O) groups excluding carboxylic acids is 2. The van der Waals surface area contributed by atoms with Gasteiger partial charge in [-0.25, -0.2) is 9.78 Å². The van der Waals surface area contributed by atoms with Gasteiger partial charge in [-0.1, -0.05) is 13.8 Å². The molecule has 0 N–H and O–H groups in total. The number of esters is 1. The summed E-state index contributed by atoms with van der Waals surface area (Å²) >= 11 is 0. The zero-order chi connectivity index (χ0) is 25.3. The Balaban J connectivity index is 1.74. The SMILES string of the molecule is CCOC(=O)C1CN(c2nc(C(C)C)c3c(c2C#N)CC(C)(C)OC3)CCN1C(=O)c1ccco1. The highest BCUT2D eigenvalue weighted by atomic mass is 16.5. The van der Waals surface area contributed by atoms with Crippen molar-refractivity contribution in [1.29, 1.82) is 5.26 Å². The molecule has 4 rings (SSSR count). The maximum atomic E-state index is 13.1. The minimum atomic E-state index is -0.854. The number of hydrogen-bond donors (Lipinski definition) is 0. The Morgan fingerprint density at radius 2 is 2.09 bits per heavy atom. The Labute approximate surface area is 205 Å². The van der Waals surface area contributed by atoms with Crippen molar-refractivity contribution in [3.05, 3.63) is 46.5 Å². The molecule has 0 bridgehead atoms. The van der Waals surface area contributed by atoms with Gasteiger partial charge in [0.15, 0.2) is 5.76 Å². The Kier molecular flexibility index (Phi) is 6.86. The van der Waals surface area contributed by atoms with Crippen molar-refractivity contribution in [3.63, 3.8) is 0 Å². The maximum Gasteiger partial charge on any atom is 0.330 e. The molecule has 1 amide bonds. The molecule has 2 aromatic rings. The quantitative estimate of drug-likeness (QED) is 0.599. The normalized spacial score (nSPS) is 19.3. The Morgan fingerprint density at radius 3 is 2.71 bits per heavy atom. The topological polar surface area (TPSA) is 109 Å². The molecule has 9 nitrogen and oxygen atoms in total. The van der Waals surface area contributed by atoms with E-state index in [0.717, 1.165) is 16.8 Å². The second-order valence-electron chi connectivity index (χ2n) is 9.83. The number of carbonyl (C=O) groups is 2.